The molecule has 0 unspecified atom stereocenters. The first-order valence-corrected chi connectivity index (χ1v) is 11.4. The van der Waals surface area contributed by atoms with Gasteiger partial charge in [-0.2, -0.15) is 0 Å². The van der Waals surface area contributed by atoms with Gasteiger partial charge in [-0.1, -0.05) is 48.6 Å². The lowest BCUT2D eigenvalue weighted by Gasteiger charge is -2.31. The van der Waals surface area contributed by atoms with Crippen LogP contribution in [0, 0.1) is 5.82 Å². The van der Waals surface area contributed by atoms with Crippen molar-refractivity contribution in [2.45, 2.75) is 32.1 Å². The molecule has 1 aliphatic heterocycles. The maximum Gasteiger partial charge on any atom is 0.321 e. The minimum absolute atomic E-state index is 0.105. The van der Waals surface area contributed by atoms with Gasteiger partial charge in [0, 0.05) is 24.7 Å². The zero-order valence-corrected chi connectivity index (χ0v) is 18.5. The highest BCUT2D eigenvalue weighted by Crippen LogP contribution is 2.31. The number of para-hydroxylation sites is 2. The Bertz CT molecular complexity index is 1110. The van der Waals surface area contributed by atoms with E-state index < -0.39 is 11.7 Å². The van der Waals surface area contributed by atoms with Crippen LogP contribution in [0.15, 0.2) is 48.5 Å². The predicted molar refractivity (Wildman–Crippen MR) is 123 cm³/mol. The molecule has 1 aliphatic rings. The minimum atomic E-state index is -0.502. The lowest BCUT2D eigenvalue weighted by molar-refractivity contribution is 0.102. The van der Waals surface area contributed by atoms with Crippen molar-refractivity contribution < 1.29 is 14.0 Å². The van der Waals surface area contributed by atoms with Gasteiger partial charge in [-0.05, 0) is 43.0 Å². The van der Waals surface area contributed by atoms with Crippen LogP contribution in [0.25, 0.3) is 0 Å². The SMILES string of the molecule is CCc1ccccc1NC(=O)N1CCC(c2nnc(C(=O)Nc3ccccc3F)s2)CC1. The predicted octanol–water partition coefficient (Wildman–Crippen LogP) is 4.90. The molecular formula is C23H24FN5O2S. The quantitative estimate of drug-likeness (QED) is 0.575. The summed E-state index contributed by atoms with van der Waals surface area (Å²) >= 11 is 1.21. The Morgan fingerprint density at radius 2 is 1.72 bits per heavy atom. The van der Waals surface area contributed by atoms with Gasteiger partial charge >= 0.3 is 6.03 Å². The van der Waals surface area contributed by atoms with Crippen molar-refractivity contribution in [2.75, 3.05) is 23.7 Å². The average molecular weight is 454 g/mol. The van der Waals surface area contributed by atoms with E-state index in [1.807, 2.05) is 24.3 Å². The van der Waals surface area contributed by atoms with Gasteiger partial charge in [0.25, 0.3) is 5.91 Å². The van der Waals surface area contributed by atoms with E-state index in [2.05, 4.69) is 27.8 Å². The molecule has 2 aromatic carbocycles. The maximum atomic E-state index is 13.8. The zero-order chi connectivity index (χ0) is 22.5. The van der Waals surface area contributed by atoms with E-state index in [9.17, 15) is 14.0 Å². The summed E-state index contributed by atoms with van der Waals surface area (Å²) in [6.45, 7) is 3.26. The number of benzene rings is 2. The lowest BCUT2D eigenvalue weighted by atomic mass is 9.98. The second kappa shape index (κ2) is 9.86. The highest BCUT2D eigenvalue weighted by Gasteiger charge is 2.27. The molecule has 2 N–H and O–H groups in total. The van der Waals surface area contributed by atoms with Gasteiger partial charge in [0.2, 0.25) is 5.01 Å². The molecule has 3 aromatic rings. The summed E-state index contributed by atoms with van der Waals surface area (Å²) in [6, 6.07) is 13.7. The van der Waals surface area contributed by atoms with Crippen LogP contribution >= 0.6 is 11.3 Å². The second-order valence-corrected chi connectivity index (χ2v) is 8.59. The number of aryl methyl sites for hydroxylation is 1. The topological polar surface area (TPSA) is 87.2 Å². The average Bonchev–Trinajstić information content (AvgIpc) is 3.31. The summed E-state index contributed by atoms with van der Waals surface area (Å²) in [4.78, 5) is 26.9. The Morgan fingerprint density at radius 3 is 2.44 bits per heavy atom. The van der Waals surface area contributed by atoms with Crippen molar-refractivity contribution in [3.05, 3.63) is 69.9 Å². The number of piperidine rings is 1. The summed E-state index contributed by atoms with van der Waals surface area (Å²) in [7, 11) is 0. The molecule has 2 heterocycles. The van der Waals surface area contributed by atoms with Crippen LogP contribution in [-0.4, -0.2) is 40.1 Å². The Hall–Kier alpha value is -3.33. The number of amides is 3. The minimum Gasteiger partial charge on any atom is -0.324 e. The standard InChI is InChI=1S/C23H24FN5O2S/c1-2-15-7-3-5-9-18(15)26-23(31)29-13-11-16(12-14-29)21-27-28-22(32-21)20(30)25-19-10-6-4-8-17(19)24/h3-10,16H,2,11-14H2,1H3,(H,25,30)(H,26,31). The van der Waals surface area contributed by atoms with Crippen molar-refractivity contribution in [2.24, 2.45) is 0 Å². The maximum absolute atomic E-state index is 13.8. The molecule has 0 bridgehead atoms. The van der Waals surface area contributed by atoms with Crippen LogP contribution in [0.1, 0.15) is 46.1 Å². The van der Waals surface area contributed by atoms with Gasteiger partial charge in [-0.15, -0.1) is 10.2 Å². The van der Waals surface area contributed by atoms with Crippen LogP contribution < -0.4 is 10.6 Å². The third-order valence-corrected chi connectivity index (χ3v) is 6.61. The Kier molecular flexibility index (Phi) is 6.75. The molecule has 0 atom stereocenters. The van der Waals surface area contributed by atoms with Gasteiger partial charge in [0.1, 0.15) is 10.8 Å². The molecule has 9 heteroatoms. The molecule has 0 spiro atoms. The molecule has 1 aromatic heterocycles. The summed E-state index contributed by atoms with van der Waals surface area (Å²) in [5.74, 6) is -0.849. The van der Waals surface area contributed by atoms with Gasteiger partial charge in [0.15, 0.2) is 0 Å². The first-order chi connectivity index (χ1) is 15.5. The normalized spacial score (nSPS) is 14.2. The monoisotopic (exact) mass is 453 g/mol. The first kappa shape index (κ1) is 21.9. The second-order valence-electron chi connectivity index (χ2n) is 7.58. The molecule has 0 saturated carbocycles. The molecule has 3 amide bonds. The molecule has 32 heavy (non-hydrogen) atoms. The van der Waals surface area contributed by atoms with Crippen LogP contribution in [0.4, 0.5) is 20.6 Å². The third kappa shape index (κ3) is 4.94. The number of hydrogen-bond donors (Lipinski definition) is 2. The van der Waals surface area contributed by atoms with E-state index in [0.29, 0.717) is 13.1 Å². The number of nitrogens with one attached hydrogen (secondary N) is 2. The number of carbonyl (C=O) groups excluding carboxylic acids is 2. The lowest BCUT2D eigenvalue weighted by Crippen LogP contribution is -2.40. The fourth-order valence-corrected chi connectivity index (χ4v) is 4.61. The van der Waals surface area contributed by atoms with Gasteiger partial charge in [-0.25, -0.2) is 9.18 Å². The number of aromatic nitrogens is 2. The van der Waals surface area contributed by atoms with E-state index in [1.54, 1.807) is 17.0 Å². The summed E-state index contributed by atoms with van der Waals surface area (Å²) in [5.41, 5.74) is 2.06. The smallest absolute Gasteiger partial charge is 0.321 e. The molecule has 1 fully saturated rings. The van der Waals surface area contributed by atoms with Crippen molar-refractivity contribution in [3.63, 3.8) is 0 Å². The summed E-state index contributed by atoms with van der Waals surface area (Å²) < 4.78 is 13.8. The fourth-order valence-electron chi connectivity index (χ4n) is 3.70. The van der Waals surface area contributed by atoms with Crippen LogP contribution in [-0.2, 0) is 6.42 Å². The Labute approximate surface area is 189 Å². The van der Waals surface area contributed by atoms with E-state index in [0.717, 1.165) is 35.5 Å². The highest BCUT2D eigenvalue weighted by atomic mass is 32.1. The van der Waals surface area contributed by atoms with E-state index in [1.165, 1.54) is 23.5 Å². The first-order valence-electron chi connectivity index (χ1n) is 10.6. The van der Waals surface area contributed by atoms with Crippen LogP contribution in [0.5, 0.6) is 0 Å². The number of likely N-dealkylation sites (tertiary alicyclic amines) is 1. The molecule has 166 valence electrons. The molecule has 4 rings (SSSR count). The van der Waals surface area contributed by atoms with Crippen molar-refractivity contribution >= 4 is 34.6 Å². The summed E-state index contributed by atoms with van der Waals surface area (Å²) in [5, 5.41) is 14.7. The van der Waals surface area contributed by atoms with E-state index in [-0.39, 0.29) is 22.6 Å². The fraction of sp³-hybridized carbons (Fsp3) is 0.304. The number of rotatable bonds is 5. The Morgan fingerprint density at radius 1 is 1.03 bits per heavy atom. The Balaban J connectivity index is 1.33. The van der Waals surface area contributed by atoms with E-state index >= 15 is 0 Å². The van der Waals surface area contributed by atoms with Gasteiger partial charge in [0.05, 0.1) is 5.69 Å². The number of halogens is 1. The molecule has 0 aliphatic carbocycles. The number of nitrogens with zero attached hydrogens (tertiary/aromatic N) is 3. The summed E-state index contributed by atoms with van der Waals surface area (Å²) in [6.07, 6.45) is 2.33. The molecule has 7 nitrogen and oxygen atoms in total. The number of hydrogen-bond acceptors (Lipinski definition) is 5. The van der Waals surface area contributed by atoms with Gasteiger partial charge < -0.3 is 15.5 Å². The molecule has 0 radical (unpaired) electrons. The van der Waals surface area contributed by atoms with Crippen molar-refractivity contribution in [1.82, 2.24) is 15.1 Å². The van der Waals surface area contributed by atoms with Gasteiger partial charge in [-0.3, -0.25) is 4.79 Å². The number of urea groups is 1. The third-order valence-electron chi connectivity index (χ3n) is 5.53. The zero-order valence-electron chi connectivity index (χ0n) is 17.7. The number of anilines is 2. The van der Waals surface area contributed by atoms with Crippen molar-refractivity contribution in [1.29, 1.82) is 0 Å². The molecule has 1 saturated heterocycles. The van der Waals surface area contributed by atoms with E-state index in [4.69, 9.17) is 0 Å². The number of carbonyl (C=O) groups is 2. The van der Waals surface area contributed by atoms with Crippen LogP contribution in [0.2, 0.25) is 0 Å². The largest absolute Gasteiger partial charge is 0.324 e. The van der Waals surface area contributed by atoms with Crippen LogP contribution in [0.3, 0.4) is 0 Å². The highest BCUT2D eigenvalue weighted by molar-refractivity contribution is 7.13. The molecular weight excluding hydrogens is 429 g/mol. The van der Waals surface area contributed by atoms with Crippen molar-refractivity contribution in [3.8, 4) is 0 Å².